The molecule has 0 amide bonds. The average molecular weight is 497 g/mol. The summed E-state index contributed by atoms with van der Waals surface area (Å²) in [5.41, 5.74) is 0.470. The Morgan fingerprint density at radius 3 is 1.58 bits per heavy atom. The van der Waals surface area contributed by atoms with Crippen LogP contribution in [-0.2, 0) is 9.47 Å². The number of rotatable bonds is 21. The largest absolute Gasteiger partial charge is 0.502 e. The lowest BCUT2D eigenvalue weighted by molar-refractivity contribution is 0.0734. The Bertz CT molecular complexity index is 860. The van der Waals surface area contributed by atoms with Crippen LogP contribution in [0, 0.1) is 0 Å². The number of carbonyl (C=O) groups is 1. The van der Waals surface area contributed by atoms with Crippen molar-refractivity contribution < 1.29 is 28.5 Å². The molecule has 6 heteroatoms. The van der Waals surface area contributed by atoms with Gasteiger partial charge in [-0.05, 0) is 61.4 Å². The number of esters is 1. The van der Waals surface area contributed by atoms with E-state index in [2.05, 4.69) is 13.2 Å². The van der Waals surface area contributed by atoms with Crippen molar-refractivity contribution in [1.82, 2.24) is 0 Å². The zero-order chi connectivity index (χ0) is 25.7. The van der Waals surface area contributed by atoms with Gasteiger partial charge in [-0.1, -0.05) is 58.1 Å². The monoisotopic (exact) mass is 496 g/mol. The first kappa shape index (κ1) is 28.8. The van der Waals surface area contributed by atoms with Gasteiger partial charge >= 0.3 is 5.97 Å². The second kappa shape index (κ2) is 18.9. The highest BCUT2D eigenvalue weighted by Gasteiger charge is 2.09. The van der Waals surface area contributed by atoms with E-state index in [4.69, 9.17) is 23.7 Å². The topological polar surface area (TPSA) is 63.2 Å². The van der Waals surface area contributed by atoms with Crippen LogP contribution in [0.5, 0.6) is 17.2 Å². The summed E-state index contributed by atoms with van der Waals surface area (Å²) in [4.78, 5) is 12.4. The van der Waals surface area contributed by atoms with E-state index in [1.165, 1.54) is 57.5 Å². The SMILES string of the molecule is C=COCCCCCCCCCCCOc1ccc(C(=O)Oc2ccc(OCCOC=C)cc2)cc1. The minimum absolute atomic E-state index is 0.410. The first-order valence-electron chi connectivity index (χ1n) is 12.9. The van der Waals surface area contributed by atoms with Crippen molar-refractivity contribution in [3.63, 3.8) is 0 Å². The Morgan fingerprint density at radius 1 is 0.556 bits per heavy atom. The van der Waals surface area contributed by atoms with Gasteiger partial charge in [-0.3, -0.25) is 0 Å². The predicted molar refractivity (Wildman–Crippen MR) is 143 cm³/mol. The lowest BCUT2D eigenvalue weighted by Crippen LogP contribution is -2.08. The van der Waals surface area contributed by atoms with Crippen molar-refractivity contribution in [3.8, 4) is 17.2 Å². The highest BCUT2D eigenvalue weighted by Crippen LogP contribution is 2.20. The molecule has 196 valence electrons. The molecule has 0 bridgehead atoms. The van der Waals surface area contributed by atoms with Gasteiger partial charge in [-0.2, -0.15) is 0 Å². The van der Waals surface area contributed by atoms with E-state index < -0.39 is 5.97 Å². The Balaban J connectivity index is 1.55. The summed E-state index contributed by atoms with van der Waals surface area (Å²) in [5.74, 6) is 1.46. The number of hydrogen-bond acceptors (Lipinski definition) is 6. The van der Waals surface area contributed by atoms with Gasteiger partial charge in [0.1, 0.15) is 30.5 Å². The molecule has 0 heterocycles. The summed E-state index contributed by atoms with van der Waals surface area (Å²) >= 11 is 0. The van der Waals surface area contributed by atoms with Gasteiger partial charge in [0, 0.05) is 0 Å². The lowest BCUT2D eigenvalue weighted by atomic mass is 10.1. The minimum Gasteiger partial charge on any atom is -0.502 e. The second-order valence-electron chi connectivity index (χ2n) is 8.34. The average Bonchev–Trinajstić information content (AvgIpc) is 2.90. The van der Waals surface area contributed by atoms with Crippen LogP contribution in [0.15, 0.2) is 74.2 Å². The number of ether oxygens (including phenoxy) is 5. The van der Waals surface area contributed by atoms with Gasteiger partial charge in [0.2, 0.25) is 0 Å². The van der Waals surface area contributed by atoms with E-state index in [1.54, 1.807) is 48.5 Å². The smallest absolute Gasteiger partial charge is 0.343 e. The van der Waals surface area contributed by atoms with Crippen LogP contribution in [0.3, 0.4) is 0 Å². The van der Waals surface area contributed by atoms with Crippen molar-refractivity contribution in [3.05, 3.63) is 79.8 Å². The molecule has 0 unspecified atom stereocenters. The maximum absolute atomic E-state index is 12.4. The number of hydrogen-bond donors (Lipinski definition) is 0. The molecule has 2 aromatic rings. The molecule has 0 aromatic heterocycles. The van der Waals surface area contributed by atoms with E-state index in [9.17, 15) is 4.79 Å². The van der Waals surface area contributed by atoms with Gasteiger partial charge in [0.25, 0.3) is 0 Å². The quantitative estimate of drug-likeness (QED) is 0.0772. The minimum atomic E-state index is -0.417. The Kier molecular flexibility index (Phi) is 15.1. The fourth-order valence-electron chi connectivity index (χ4n) is 3.55. The molecule has 0 aliphatic heterocycles. The van der Waals surface area contributed by atoms with E-state index in [0.29, 0.717) is 36.9 Å². The predicted octanol–water partition coefficient (Wildman–Crippen LogP) is 7.49. The molecule has 0 saturated carbocycles. The molecule has 0 radical (unpaired) electrons. The fraction of sp³-hybridized carbons (Fsp3) is 0.433. The Labute approximate surface area is 215 Å². The standard InChI is InChI=1S/C30H40O6/c1-3-32-22-12-10-8-6-5-7-9-11-13-23-34-27-16-14-26(15-17-27)30(31)36-29-20-18-28(19-21-29)35-25-24-33-4-2/h3-4,14-21H,1-2,5-13,22-25H2. The molecule has 6 nitrogen and oxygen atoms in total. The highest BCUT2D eigenvalue weighted by atomic mass is 16.5. The van der Waals surface area contributed by atoms with Crippen molar-refractivity contribution in [2.45, 2.75) is 57.8 Å². The normalized spacial score (nSPS) is 10.3. The van der Waals surface area contributed by atoms with Crippen molar-refractivity contribution in [2.75, 3.05) is 26.4 Å². The van der Waals surface area contributed by atoms with E-state index in [0.717, 1.165) is 25.2 Å². The maximum atomic E-state index is 12.4. The molecule has 0 fully saturated rings. The van der Waals surface area contributed by atoms with Gasteiger partial charge in [-0.25, -0.2) is 4.79 Å². The summed E-state index contributed by atoms with van der Waals surface area (Å²) in [6.07, 6.45) is 13.8. The van der Waals surface area contributed by atoms with Gasteiger partial charge in [-0.15, -0.1) is 0 Å². The fourth-order valence-corrected chi connectivity index (χ4v) is 3.55. The van der Waals surface area contributed by atoms with Crippen molar-refractivity contribution in [1.29, 1.82) is 0 Å². The Morgan fingerprint density at radius 2 is 1.00 bits per heavy atom. The summed E-state index contributed by atoms with van der Waals surface area (Å²) in [6, 6.07) is 13.9. The van der Waals surface area contributed by atoms with Crippen LogP contribution >= 0.6 is 0 Å². The zero-order valence-corrected chi connectivity index (χ0v) is 21.3. The molecule has 0 aliphatic rings. The van der Waals surface area contributed by atoms with Crippen molar-refractivity contribution >= 4 is 5.97 Å². The van der Waals surface area contributed by atoms with Crippen molar-refractivity contribution in [2.24, 2.45) is 0 Å². The van der Waals surface area contributed by atoms with Crippen LogP contribution in [0.25, 0.3) is 0 Å². The molecular weight excluding hydrogens is 456 g/mol. The molecular formula is C30H40O6. The Hall–Kier alpha value is -3.41. The summed E-state index contributed by atoms with van der Waals surface area (Å²) in [5, 5.41) is 0. The van der Waals surface area contributed by atoms with E-state index >= 15 is 0 Å². The second-order valence-corrected chi connectivity index (χ2v) is 8.34. The summed E-state index contributed by atoms with van der Waals surface area (Å²) in [7, 11) is 0. The zero-order valence-electron chi connectivity index (χ0n) is 21.3. The first-order valence-corrected chi connectivity index (χ1v) is 12.9. The van der Waals surface area contributed by atoms with Crippen LogP contribution in [0.1, 0.15) is 68.1 Å². The summed E-state index contributed by atoms with van der Waals surface area (Å²) in [6.45, 7) is 9.33. The van der Waals surface area contributed by atoms with Gasteiger partial charge in [0.15, 0.2) is 0 Å². The van der Waals surface area contributed by atoms with Crippen LogP contribution < -0.4 is 14.2 Å². The lowest BCUT2D eigenvalue weighted by Gasteiger charge is -2.09. The van der Waals surface area contributed by atoms with Crippen LogP contribution in [0.2, 0.25) is 0 Å². The third-order valence-corrected chi connectivity index (χ3v) is 5.51. The maximum Gasteiger partial charge on any atom is 0.343 e. The third-order valence-electron chi connectivity index (χ3n) is 5.51. The summed E-state index contributed by atoms with van der Waals surface area (Å²) < 4.78 is 26.9. The van der Waals surface area contributed by atoms with Gasteiger partial charge in [0.05, 0.1) is 31.3 Å². The van der Waals surface area contributed by atoms with Crippen LogP contribution in [-0.4, -0.2) is 32.4 Å². The molecule has 0 spiro atoms. The number of unbranched alkanes of at least 4 members (excludes halogenated alkanes) is 8. The van der Waals surface area contributed by atoms with E-state index in [-0.39, 0.29) is 0 Å². The molecule has 2 rings (SSSR count). The highest BCUT2D eigenvalue weighted by molar-refractivity contribution is 5.91. The molecule has 0 N–H and O–H groups in total. The molecule has 36 heavy (non-hydrogen) atoms. The number of benzene rings is 2. The molecule has 0 saturated heterocycles. The molecule has 2 aromatic carbocycles. The molecule has 0 atom stereocenters. The van der Waals surface area contributed by atoms with Crippen LogP contribution in [0.4, 0.5) is 0 Å². The molecule has 0 aliphatic carbocycles. The number of carbonyl (C=O) groups excluding carboxylic acids is 1. The third kappa shape index (κ3) is 12.9. The van der Waals surface area contributed by atoms with Gasteiger partial charge < -0.3 is 23.7 Å². The van der Waals surface area contributed by atoms with E-state index in [1.807, 2.05) is 0 Å². The first-order chi connectivity index (χ1) is 17.7.